The van der Waals surface area contributed by atoms with Crippen LogP contribution in [-0.2, 0) is 11.2 Å². The Morgan fingerprint density at radius 3 is 3.07 bits per heavy atom. The number of hydrogen-bond acceptors (Lipinski definition) is 4. The fraction of sp³-hybridized carbons (Fsp3) is 0.556. The number of hydrogen-bond donors (Lipinski definition) is 1. The summed E-state index contributed by atoms with van der Waals surface area (Å²) in [5.74, 6) is -0.619. The molecule has 1 rings (SSSR count). The van der Waals surface area contributed by atoms with Crippen molar-refractivity contribution in [3.05, 3.63) is 17.8 Å². The number of aryl methyl sites for hydroxylation is 1. The Labute approximate surface area is 81.7 Å². The van der Waals surface area contributed by atoms with Crippen LogP contribution in [0.4, 0.5) is 0 Å². The fourth-order valence-electron chi connectivity index (χ4n) is 0.994. The highest BCUT2D eigenvalue weighted by molar-refractivity contribution is 5.84. The van der Waals surface area contributed by atoms with Crippen LogP contribution in [0.25, 0.3) is 0 Å². The van der Waals surface area contributed by atoms with Gasteiger partial charge in [0.25, 0.3) is 0 Å². The minimum absolute atomic E-state index is 0.0450. The maximum absolute atomic E-state index is 10.4. The summed E-state index contributed by atoms with van der Waals surface area (Å²) in [6.07, 6.45) is 2.54. The lowest BCUT2D eigenvalue weighted by Crippen LogP contribution is -1.98. The highest BCUT2D eigenvalue weighted by Crippen LogP contribution is 2.04. The Morgan fingerprint density at radius 1 is 1.71 bits per heavy atom. The van der Waals surface area contributed by atoms with E-state index in [1.807, 2.05) is 6.92 Å². The number of ether oxygens (including phenoxy) is 1. The van der Waals surface area contributed by atoms with Gasteiger partial charge in [-0.2, -0.15) is 0 Å². The first kappa shape index (κ1) is 10.7. The van der Waals surface area contributed by atoms with Gasteiger partial charge in [0.2, 0.25) is 0 Å². The number of carbonyl (C=O) groups is 1. The van der Waals surface area contributed by atoms with Crippen LogP contribution >= 0.6 is 0 Å². The fourth-order valence-corrected chi connectivity index (χ4v) is 0.994. The van der Waals surface area contributed by atoms with Gasteiger partial charge in [-0.15, -0.1) is 0 Å². The van der Waals surface area contributed by atoms with E-state index >= 15 is 0 Å². The zero-order chi connectivity index (χ0) is 10.4. The van der Waals surface area contributed by atoms with Crippen molar-refractivity contribution in [1.82, 2.24) is 4.98 Å². The van der Waals surface area contributed by atoms with Crippen molar-refractivity contribution in [3.8, 4) is 0 Å². The topological polar surface area (TPSA) is 72.6 Å². The first-order valence-corrected chi connectivity index (χ1v) is 4.49. The Morgan fingerprint density at radius 2 is 2.50 bits per heavy atom. The third kappa shape index (κ3) is 3.18. The Balaban J connectivity index is 2.33. The summed E-state index contributed by atoms with van der Waals surface area (Å²) >= 11 is 0. The zero-order valence-electron chi connectivity index (χ0n) is 8.02. The average Bonchev–Trinajstić information content (AvgIpc) is 2.61. The van der Waals surface area contributed by atoms with Crippen molar-refractivity contribution < 1.29 is 19.1 Å². The standard InChI is InChI=1S/C9H13NO4/c1-2-13-5-3-4-8-10-7(6-14-8)9(11)12/h6H,2-5H2,1H3,(H,11,12). The molecule has 0 amide bonds. The molecule has 0 aromatic carbocycles. The zero-order valence-corrected chi connectivity index (χ0v) is 8.02. The summed E-state index contributed by atoms with van der Waals surface area (Å²) in [4.78, 5) is 14.2. The van der Waals surface area contributed by atoms with Gasteiger partial charge < -0.3 is 14.3 Å². The van der Waals surface area contributed by atoms with E-state index in [9.17, 15) is 4.79 Å². The molecule has 0 aliphatic heterocycles. The van der Waals surface area contributed by atoms with Crippen LogP contribution < -0.4 is 0 Å². The van der Waals surface area contributed by atoms with Crippen LogP contribution in [0.1, 0.15) is 29.7 Å². The maximum atomic E-state index is 10.4. The minimum atomic E-state index is -1.06. The van der Waals surface area contributed by atoms with E-state index in [-0.39, 0.29) is 5.69 Å². The maximum Gasteiger partial charge on any atom is 0.357 e. The molecule has 0 bridgehead atoms. The predicted octanol–water partition coefficient (Wildman–Crippen LogP) is 1.34. The molecule has 0 aliphatic carbocycles. The quantitative estimate of drug-likeness (QED) is 0.700. The van der Waals surface area contributed by atoms with Gasteiger partial charge in [0.1, 0.15) is 6.26 Å². The molecule has 1 aromatic rings. The van der Waals surface area contributed by atoms with Gasteiger partial charge in [-0.25, -0.2) is 9.78 Å². The van der Waals surface area contributed by atoms with Crippen LogP contribution in [0, 0.1) is 0 Å². The molecular formula is C9H13NO4. The second-order valence-electron chi connectivity index (χ2n) is 2.73. The van der Waals surface area contributed by atoms with E-state index in [4.69, 9.17) is 14.3 Å². The van der Waals surface area contributed by atoms with Gasteiger partial charge in [-0.05, 0) is 13.3 Å². The van der Waals surface area contributed by atoms with Crippen molar-refractivity contribution in [3.63, 3.8) is 0 Å². The van der Waals surface area contributed by atoms with E-state index in [0.29, 0.717) is 25.5 Å². The number of aromatic carboxylic acids is 1. The SMILES string of the molecule is CCOCCCc1nc(C(=O)O)co1. The highest BCUT2D eigenvalue weighted by atomic mass is 16.5. The third-order valence-corrected chi connectivity index (χ3v) is 1.65. The Bertz CT molecular complexity index is 295. The molecule has 0 spiro atoms. The van der Waals surface area contributed by atoms with E-state index in [2.05, 4.69) is 4.98 Å². The second-order valence-corrected chi connectivity index (χ2v) is 2.73. The molecule has 1 aromatic heterocycles. The third-order valence-electron chi connectivity index (χ3n) is 1.65. The first-order valence-electron chi connectivity index (χ1n) is 4.49. The van der Waals surface area contributed by atoms with Crippen molar-refractivity contribution in [1.29, 1.82) is 0 Å². The molecule has 1 N–H and O–H groups in total. The molecule has 5 nitrogen and oxygen atoms in total. The number of carboxylic acid groups (broad SMARTS) is 1. The largest absolute Gasteiger partial charge is 0.476 e. The van der Waals surface area contributed by atoms with Crippen LogP contribution in [0.5, 0.6) is 0 Å². The van der Waals surface area contributed by atoms with Crippen molar-refractivity contribution >= 4 is 5.97 Å². The molecule has 0 saturated heterocycles. The van der Waals surface area contributed by atoms with Crippen LogP contribution in [0.3, 0.4) is 0 Å². The van der Waals surface area contributed by atoms with Gasteiger partial charge in [-0.1, -0.05) is 0 Å². The average molecular weight is 199 g/mol. The normalized spacial score (nSPS) is 10.4. The van der Waals surface area contributed by atoms with Gasteiger partial charge >= 0.3 is 5.97 Å². The summed E-state index contributed by atoms with van der Waals surface area (Å²) in [5, 5.41) is 8.56. The van der Waals surface area contributed by atoms with Crippen LogP contribution in [-0.4, -0.2) is 29.3 Å². The predicted molar refractivity (Wildman–Crippen MR) is 48.3 cm³/mol. The number of carboxylic acids is 1. The molecule has 0 aliphatic rings. The molecule has 0 unspecified atom stereocenters. The smallest absolute Gasteiger partial charge is 0.357 e. The van der Waals surface area contributed by atoms with E-state index < -0.39 is 5.97 Å². The lowest BCUT2D eigenvalue weighted by molar-refractivity contribution is 0.0690. The number of oxazole rings is 1. The Hall–Kier alpha value is -1.36. The summed E-state index contributed by atoms with van der Waals surface area (Å²) in [6.45, 7) is 3.25. The van der Waals surface area contributed by atoms with Gasteiger partial charge in [0.05, 0.1) is 0 Å². The molecule has 5 heteroatoms. The van der Waals surface area contributed by atoms with E-state index in [1.165, 1.54) is 0 Å². The lowest BCUT2D eigenvalue weighted by Gasteiger charge is -1.97. The summed E-state index contributed by atoms with van der Waals surface area (Å²) in [7, 11) is 0. The molecule has 1 heterocycles. The van der Waals surface area contributed by atoms with Crippen molar-refractivity contribution in [2.75, 3.05) is 13.2 Å². The summed E-state index contributed by atoms with van der Waals surface area (Å²) < 4.78 is 10.1. The van der Waals surface area contributed by atoms with E-state index in [1.54, 1.807) is 0 Å². The van der Waals surface area contributed by atoms with Crippen molar-refractivity contribution in [2.45, 2.75) is 19.8 Å². The summed E-state index contributed by atoms with van der Waals surface area (Å²) in [5.41, 5.74) is -0.0450. The molecule has 0 fully saturated rings. The number of nitrogens with zero attached hydrogens (tertiary/aromatic N) is 1. The van der Waals surface area contributed by atoms with E-state index in [0.717, 1.165) is 12.7 Å². The number of aromatic nitrogens is 1. The molecular weight excluding hydrogens is 186 g/mol. The lowest BCUT2D eigenvalue weighted by atomic mass is 10.3. The monoisotopic (exact) mass is 199 g/mol. The Kier molecular flexibility index (Phi) is 4.12. The highest BCUT2D eigenvalue weighted by Gasteiger charge is 2.09. The van der Waals surface area contributed by atoms with Crippen molar-refractivity contribution in [2.24, 2.45) is 0 Å². The van der Waals surface area contributed by atoms with Gasteiger partial charge in [0.15, 0.2) is 11.6 Å². The summed E-state index contributed by atoms with van der Waals surface area (Å²) in [6, 6.07) is 0. The van der Waals surface area contributed by atoms with Gasteiger partial charge in [0, 0.05) is 19.6 Å². The molecule has 78 valence electrons. The van der Waals surface area contributed by atoms with Crippen LogP contribution in [0.15, 0.2) is 10.7 Å². The first-order chi connectivity index (χ1) is 6.74. The molecule has 0 saturated carbocycles. The molecule has 0 radical (unpaired) electrons. The second kappa shape index (κ2) is 5.39. The molecule has 14 heavy (non-hydrogen) atoms. The molecule has 0 atom stereocenters. The number of rotatable bonds is 6. The van der Waals surface area contributed by atoms with Crippen LogP contribution in [0.2, 0.25) is 0 Å². The van der Waals surface area contributed by atoms with Gasteiger partial charge in [-0.3, -0.25) is 0 Å². The minimum Gasteiger partial charge on any atom is -0.476 e.